The number of hydrogen-bond donors (Lipinski definition) is 2. The molecule has 0 saturated carbocycles. The molecule has 0 bridgehead atoms. The van der Waals surface area contributed by atoms with Crippen LogP contribution in [0.2, 0.25) is 0 Å². The molecule has 2 aliphatic heterocycles. The second-order valence-electron chi connectivity index (χ2n) is 12.9. The first-order chi connectivity index (χ1) is 17.8. The summed E-state index contributed by atoms with van der Waals surface area (Å²) in [6, 6.07) is 13.4. The second-order valence-corrected chi connectivity index (χ2v) is 15.0. The van der Waals surface area contributed by atoms with Crippen molar-refractivity contribution < 1.29 is 8.42 Å². The van der Waals surface area contributed by atoms with Gasteiger partial charge in [0, 0.05) is 46.3 Å². The molecule has 2 aliphatic rings. The van der Waals surface area contributed by atoms with Gasteiger partial charge in [-0.15, -0.1) is 0 Å². The average Bonchev–Trinajstić information content (AvgIpc) is 2.88. The van der Waals surface area contributed by atoms with Gasteiger partial charge in [-0.3, -0.25) is 0 Å². The number of piperazine rings is 1. The summed E-state index contributed by atoms with van der Waals surface area (Å²) < 4.78 is 29.0. The molecule has 0 radical (unpaired) electrons. The van der Waals surface area contributed by atoms with Crippen LogP contribution in [-0.4, -0.2) is 59.5 Å². The van der Waals surface area contributed by atoms with E-state index < -0.39 is 10.0 Å². The van der Waals surface area contributed by atoms with Gasteiger partial charge in [0.2, 0.25) is 10.0 Å². The van der Waals surface area contributed by atoms with Crippen LogP contribution in [0.5, 0.6) is 0 Å². The number of sulfonamides is 1. The van der Waals surface area contributed by atoms with Crippen LogP contribution in [0.25, 0.3) is 0 Å². The standard InChI is InChI=1S/C31H48N4O2S/c1-30(2,3)25-15-14-23(21-24(25)27-12-8-9-16-33-27)22-31(4,5)26-11-10-13-28(35-19-17-32-18-20-35)29(26)38(36,37)34(6)7/h10-11,13-15,21,27,32-33H,8-9,12,16-20,22H2,1-7H3. The fourth-order valence-electron chi connectivity index (χ4n) is 6.08. The summed E-state index contributed by atoms with van der Waals surface area (Å²) in [7, 11) is -0.385. The number of piperidine rings is 1. The van der Waals surface area contributed by atoms with Crippen LogP contribution >= 0.6 is 0 Å². The van der Waals surface area contributed by atoms with Gasteiger partial charge in [0.15, 0.2) is 0 Å². The number of nitrogens with zero attached hydrogens (tertiary/aromatic N) is 2. The third-order valence-electron chi connectivity index (χ3n) is 8.18. The predicted molar refractivity (Wildman–Crippen MR) is 159 cm³/mol. The third kappa shape index (κ3) is 6.11. The lowest BCUT2D eigenvalue weighted by atomic mass is 9.76. The Bertz CT molecular complexity index is 1220. The fourth-order valence-corrected chi connectivity index (χ4v) is 7.53. The van der Waals surface area contributed by atoms with Crippen molar-refractivity contribution in [2.45, 2.75) is 82.1 Å². The number of hydrogen-bond acceptors (Lipinski definition) is 5. The van der Waals surface area contributed by atoms with E-state index in [1.54, 1.807) is 14.1 Å². The predicted octanol–water partition coefficient (Wildman–Crippen LogP) is 4.98. The van der Waals surface area contributed by atoms with Crippen LogP contribution in [0.1, 0.15) is 82.2 Å². The van der Waals surface area contributed by atoms with E-state index in [4.69, 9.17) is 0 Å². The van der Waals surface area contributed by atoms with Gasteiger partial charge < -0.3 is 15.5 Å². The molecule has 4 rings (SSSR count). The van der Waals surface area contributed by atoms with E-state index in [1.165, 1.54) is 33.8 Å². The Kier molecular flexibility index (Phi) is 8.63. The zero-order chi connectivity index (χ0) is 27.7. The molecule has 210 valence electrons. The summed E-state index contributed by atoms with van der Waals surface area (Å²) in [5.74, 6) is 0. The van der Waals surface area contributed by atoms with Gasteiger partial charge in [-0.1, -0.05) is 71.4 Å². The van der Waals surface area contributed by atoms with Gasteiger partial charge in [0.1, 0.15) is 4.90 Å². The number of anilines is 1. The normalized spacial score (nSPS) is 19.7. The van der Waals surface area contributed by atoms with Crippen LogP contribution in [0.4, 0.5) is 5.69 Å². The van der Waals surface area contributed by atoms with Gasteiger partial charge >= 0.3 is 0 Å². The molecule has 1 atom stereocenters. The van der Waals surface area contributed by atoms with Crippen LogP contribution in [0, 0.1) is 0 Å². The van der Waals surface area contributed by atoms with E-state index >= 15 is 0 Å². The van der Waals surface area contributed by atoms with Crippen LogP contribution in [-0.2, 0) is 27.3 Å². The van der Waals surface area contributed by atoms with Crippen LogP contribution in [0.3, 0.4) is 0 Å². The van der Waals surface area contributed by atoms with E-state index in [-0.39, 0.29) is 10.8 Å². The van der Waals surface area contributed by atoms with Gasteiger partial charge in [0.25, 0.3) is 0 Å². The zero-order valence-electron chi connectivity index (χ0n) is 24.5. The van der Waals surface area contributed by atoms with E-state index in [2.05, 4.69) is 68.4 Å². The molecule has 0 spiro atoms. The molecule has 1 unspecified atom stereocenters. The van der Waals surface area contributed by atoms with E-state index in [0.29, 0.717) is 10.9 Å². The van der Waals surface area contributed by atoms with Gasteiger partial charge in [-0.25, -0.2) is 12.7 Å². The molecule has 0 aromatic heterocycles. The molecule has 2 N–H and O–H groups in total. The van der Waals surface area contributed by atoms with E-state index in [1.807, 2.05) is 18.2 Å². The van der Waals surface area contributed by atoms with Crippen molar-refractivity contribution in [3.05, 3.63) is 58.7 Å². The highest BCUT2D eigenvalue weighted by molar-refractivity contribution is 7.89. The van der Waals surface area contributed by atoms with Gasteiger partial charge in [0.05, 0.1) is 5.69 Å². The first-order valence-corrected chi connectivity index (χ1v) is 15.6. The van der Waals surface area contributed by atoms with Crippen LogP contribution < -0.4 is 15.5 Å². The molecule has 2 aromatic rings. The van der Waals surface area contributed by atoms with Crippen molar-refractivity contribution in [2.24, 2.45) is 0 Å². The molecule has 2 saturated heterocycles. The molecule has 2 aromatic carbocycles. The minimum absolute atomic E-state index is 0.0626. The maximum atomic E-state index is 13.8. The third-order valence-corrected chi connectivity index (χ3v) is 10.1. The Morgan fingerprint density at radius 2 is 1.66 bits per heavy atom. The van der Waals surface area contributed by atoms with Gasteiger partial charge in [-0.05, 0) is 65.0 Å². The Hall–Kier alpha value is -1.93. The summed E-state index contributed by atoms with van der Waals surface area (Å²) >= 11 is 0. The molecule has 0 aliphatic carbocycles. The van der Waals surface area contributed by atoms with Crippen molar-refractivity contribution in [1.82, 2.24) is 14.9 Å². The topological polar surface area (TPSA) is 64.7 Å². The van der Waals surface area contributed by atoms with Crippen molar-refractivity contribution >= 4 is 15.7 Å². The zero-order valence-corrected chi connectivity index (χ0v) is 25.3. The maximum Gasteiger partial charge on any atom is 0.244 e. The second kappa shape index (κ2) is 11.3. The summed E-state index contributed by atoms with van der Waals surface area (Å²) in [6.45, 7) is 15.6. The minimum Gasteiger partial charge on any atom is -0.368 e. The monoisotopic (exact) mass is 540 g/mol. The lowest BCUT2D eigenvalue weighted by Crippen LogP contribution is -2.44. The largest absolute Gasteiger partial charge is 0.368 e. The molecule has 7 heteroatoms. The summed E-state index contributed by atoms with van der Waals surface area (Å²) in [6.07, 6.45) is 4.41. The smallest absolute Gasteiger partial charge is 0.244 e. The SMILES string of the molecule is CN(C)S(=O)(=O)c1c(N2CCNCC2)cccc1C(C)(C)Cc1ccc(C(C)(C)C)c(C2CCCCN2)c1. The first kappa shape index (κ1) is 29.1. The molecule has 38 heavy (non-hydrogen) atoms. The Morgan fingerprint density at radius 1 is 0.947 bits per heavy atom. The highest BCUT2D eigenvalue weighted by Gasteiger charge is 2.35. The molecular weight excluding hydrogens is 492 g/mol. The lowest BCUT2D eigenvalue weighted by Gasteiger charge is -2.35. The van der Waals surface area contributed by atoms with E-state index in [9.17, 15) is 8.42 Å². The molecule has 2 heterocycles. The number of rotatable bonds is 7. The Balaban J connectivity index is 1.78. The summed E-state index contributed by atoms with van der Waals surface area (Å²) in [5.41, 5.74) is 5.44. The minimum atomic E-state index is -3.65. The van der Waals surface area contributed by atoms with Crippen molar-refractivity contribution in [3.63, 3.8) is 0 Å². The maximum absolute atomic E-state index is 13.8. The number of benzene rings is 2. The molecule has 0 amide bonds. The van der Waals surface area contributed by atoms with Gasteiger partial charge in [-0.2, -0.15) is 0 Å². The number of nitrogens with one attached hydrogen (secondary N) is 2. The molecule has 2 fully saturated rings. The Labute approximate surface area is 231 Å². The Morgan fingerprint density at radius 3 is 2.26 bits per heavy atom. The highest BCUT2D eigenvalue weighted by atomic mass is 32.2. The lowest BCUT2D eigenvalue weighted by molar-refractivity contribution is 0.404. The van der Waals surface area contributed by atoms with Crippen molar-refractivity contribution in [1.29, 1.82) is 0 Å². The average molecular weight is 541 g/mol. The van der Waals surface area contributed by atoms with E-state index in [0.717, 1.165) is 56.8 Å². The van der Waals surface area contributed by atoms with Crippen molar-refractivity contribution in [2.75, 3.05) is 51.7 Å². The molecule has 6 nitrogen and oxygen atoms in total. The highest BCUT2D eigenvalue weighted by Crippen LogP contribution is 2.40. The summed E-state index contributed by atoms with van der Waals surface area (Å²) in [5, 5.41) is 7.14. The van der Waals surface area contributed by atoms with Crippen LogP contribution in [0.15, 0.2) is 41.3 Å². The van der Waals surface area contributed by atoms with Crippen molar-refractivity contribution in [3.8, 4) is 0 Å². The quantitative estimate of drug-likeness (QED) is 0.519. The molecular formula is C31H48N4O2S. The fraction of sp³-hybridized carbons (Fsp3) is 0.613. The summed E-state index contributed by atoms with van der Waals surface area (Å²) in [4.78, 5) is 2.68. The first-order valence-electron chi connectivity index (χ1n) is 14.2.